The molecule has 2 aliphatic rings. The molecule has 1 saturated heterocycles. The standard InChI is InChI=1S/C15H26N2O3S/c1-2-11-10-17(8-9-21-11)15(20)16-13-7-5-3-4-6-12(13)14(18)19/h11-13H,2-10H2,1H3,(H,16,20)(H,18,19). The number of amides is 2. The summed E-state index contributed by atoms with van der Waals surface area (Å²) < 4.78 is 0. The third-order valence-electron chi connectivity index (χ3n) is 4.52. The van der Waals surface area contributed by atoms with Crippen LogP contribution >= 0.6 is 11.8 Å². The number of hydrogen-bond donors (Lipinski definition) is 2. The number of aliphatic carboxylic acids is 1. The van der Waals surface area contributed by atoms with E-state index in [0.29, 0.717) is 11.7 Å². The fourth-order valence-corrected chi connectivity index (χ4v) is 4.36. The number of thioether (sulfide) groups is 1. The van der Waals surface area contributed by atoms with E-state index in [4.69, 9.17) is 0 Å². The Bertz CT molecular complexity index is 378. The van der Waals surface area contributed by atoms with Gasteiger partial charge in [0.15, 0.2) is 0 Å². The van der Waals surface area contributed by atoms with E-state index >= 15 is 0 Å². The first kappa shape index (κ1) is 16.5. The van der Waals surface area contributed by atoms with Gasteiger partial charge in [0, 0.05) is 30.1 Å². The quantitative estimate of drug-likeness (QED) is 0.786. The minimum Gasteiger partial charge on any atom is -0.481 e. The lowest BCUT2D eigenvalue weighted by atomic mass is 9.95. The highest BCUT2D eigenvalue weighted by molar-refractivity contribution is 8.00. The molecule has 0 aromatic carbocycles. The zero-order valence-electron chi connectivity index (χ0n) is 12.7. The van der Waals surface area contributed by atoms with E-state index in [1.54, 1.807) is 0 Å². The molecule has 3 unspecified atom stereocenters. The fourth-order valence-electron chi connectivity index (χ4n) is 3.18. The number of nitrogens with zero attached hydrogens (tertiary/aromatic N) is 1. The fraction of sp³-hybridized carbons (Fsp3) is 0.867. The van der Waals surface area contributed by atoms with E-state index in [2.05, 4.69) is 12.2 Å². The molecule has 120 valence electrons. The van der Waals surface area contributed by atoms with E-state index < -0.39 is 11.9 Å². The molecule has 2 fully saturated rings. The SMILES string of the molecule is CCC1CN(C(=O)NC2CCCCCC2C(=O)O)CCS1. The van der Waals surface area contributed by atoms with Crippen LogP contribution < -0.4 is 5.32 Å². The molecule has 1 heterocycles. The van der Waals surface area contributed by atoms with Crippen molar-refractivity contribution in [1.29, 1.82) is 0 Å². The highest BCUT2D eigenvalue weighted by Crippen LogP contribution is 2.25. The molecule has 1 aliphatic carbocycles. The van der Waals surface area contributed by atoms with Crippen LogP contribution in [0.2, 0.25) is 0 Å². The molecule has 0 aromatic heterocycles. The van der Waals surface area contributed by atoms with Crippen LogP contribution in [0, 0.1) is 5.92 Å². The van der Waals surface area contributed by atoms with Crippen LogP contribution in [0.25, 0.3) is 0 Å². The first-order chi connectivity index (χ1) is 10.1. The largest absolute Gasteiger partial charge is 0.481 e. The summed E-state index contributed by atoms with van der Waals surface area (Å²) >= 11 is 1.92. The van der Waals surface area contributed by atoms with Gasteiger partial charge in [-0.05, 0) is 19.3 Å². The number of hydrogen-bond acceptors (Lipinski definition) is 3. The van der Waals surface area contributed by atoms with Gasteiger partial charge in [0.2, 0.25) is 0 Å². The summed E-state index contributed by atoms with van der Waals surface area (Å²) in [5, 5.41) is 12.9. The highest BCUT2D eigenvalue weighted by Gasteiger charge is 2.32. The van der Waals surface area contributed by atoms with Crippen LogP contribution in [0.15, 0.2) is 0 Å². The lowest BCUT2D eigenvalue weighted by Crippen LogP contribution is -2.52. The van der Waals surface area contributed by atoms with Crippen molar-refractivity contribution in [2.75, 3.05) is 18.8 Å². The molecule has 0 aromatic rings. The smallest absolute Gasteiger partial charge is 0.317 e. The summed E-state index contributed by atoms with van der Waals surface area (Å²) in [7, 11) is 0. The molecular formula is C15H26N2O3S. The summed E-state index contributed by atoms with van der Waals surface area (Å²) in [5.74, 6) is -0.237. The van der Waals surface area contributed by atoms with Gasteiger partial charge in [-0.25, -0.2) is 4.79 Å². The molecule has 3 atom stereocenters. The lowest BCUT2D eigenvalue weighted by molar-refractivity contribution is -0.142. The summed E-state index contributed by atoms with van der Waals surface area (Å²) in [6.45, 7) is 3.68. The van der Waals surface area contributed by atoms with Crippen molar-refractivity contribution < 1.29 is 14.7 Å². The van der Waals surface area contributed by atoms with Crippen molar-refractivity contribution in [1.82, 2.24) is 10.2 Å². The Morgan fingerprint density at radius 1 is 1.29 bits per heavy atom. The summed E-state index contributed by atoms with van der Waals surface area (Å²) in [6.07, 6.45) is 5.53. The number of rotatable bonds is 3. The Morgan fingerprint density at radius 3 is 2.76 bits per heavy atom. The predicted octanol–water partition coefficient (Wildman–Crippen LogP) is 2.56. The lowest BCUT2D eigenvalue weighted by Gasteiger charge is -2.34. The van der Waals surface area contributed by atoms with E-state index in [9.17, 15) is 14.7 Å². The van der Waals surface area contributed by atoms with Gasteiger partial charge in [0.25, 0.3) is 0 Å². The number of carbonyl (C=O) groups excluding carboxylic acids is 1. The van der Waals surface area contributed by atoms with Crippen LogP contribution in [-0.4, -0.2) is 52.1 Å². The molecule has 5 nitrogen and oxygen atoms in total. The van der Waals surface area contributed by atoms with Crippen molar-refractivity contribution in [3.8, 4) is 0 Å². The molecule has 2 amide bonds. The monoisotopic (exact) mass is 314 g/mol. The molecule has 1 saturated carbocycles. The third-order valence-corrected chi connectivity index (χ3v) is 5.90. The molecule has 6 heteroatoms. The van der Waals surface area contributed by atoms with Gasteiger partial charge in [0.1, 0.15) is 0 Å². The number of urea groups is 1. The van der Waals surface area contributed by atoms with Gasteiger partial charge in [-0.3, -0.25) is 4.79 Å². The molecular weight excluding hydrogens is 288 g/mol. The second-order valence-corrected chi connectivity index (χ2v) is 7.39. The van der Waals surface area contributed by atoms with E-state index in [-0.39, 0.29) is 12.1 Å². The topological polar surface area (TPSA) is 69.6 Å². The molecule has 0 bridgehead atoms. The maximum Gasteiger partial charge on any atom is 0.317 e. The van der Waals surface area contributed by atoms with Crippen LogP contribution in [0.4, 0.5) is 4.79 Å². The van der Waals surface area contributed by atoms with Crippen molar-refractivity contribution in [3.63, 3.8) is 0 Å². The Hall–Kier alpha value is -0.910. The molecule has 2 N–H and O–H groups in total. The van der Waals surface area contributed by atoms with Gasteiger partial charge in [-0.2, -0.15) is 11.8 Å². The number of carbonyl (C=O) groups is 2. The zero-order chi connectivity index (χ0) is 15.2. The molecule has 0 radical (unpaired) electrons. The maximum absolute atomic E-state index is 12.4. The zero-order valence-corrected chi connectivity index (χ0v) is 13.5. The number of nitrogens with one attached hydrogen (secondary N) is 1. The third kappa shape index (κ3) is 4.53. The Kier molecular flexibility index (Phi) is 6.21. The van der Waals surface area contributed by atoms with Crippen LogP contribution in [0.1, 0.15) is 45.4 Å². The minimum atomic E-state index is -0.775. The van der Waals surface area contributed by atoms with Gasteiger partial charge >= 0.3 is 12.0 Å². The second kappa shape index (κ2) is 7.92. The van der Waals surface area contributed by atoms with Gasteiger partial charge in [-0.1, -0.05) is 26.2 Å². The maximum atomic E-state index is 12.4. The molecule has 2 rings (SSSR count). The van der Waals surface area contributed by atoms with E-state index in [1.807, 2.05) is 16.7 Å². The normalized spacial score (nSPS) is 30.5. The Balaban J connectivity index is 1.94. The van der Waals surface area contributed by atoms with Gasteiger partial charge in [-0.15, -0.1) is 0 Å². The number of carboxylic acid groups (broad SMARTS) is 1. The second-order valence-electron chi connectivity index (χ2n) is 5.99. The van der Waals surface area contributed by atoms with E-state index in [1.165, 1.54) is 0 Å². The predicted molar refractivity (Wildman–Crippen MR) is 84.6 cm³/mol. The molecule has 1 aliphatic heterocycles. The average Bonchev–Trinajstić information content (AvgIpc) is 2.72. The average molecular weight is 314 g/mol. The molecule has 21 heavy (non-hydrogen) atoms. The van der Waals surface area contributed by atoms with Crippen molar-refractivity contribution in [2.24, 2.45) is 5.92 Å². The van der Waals surface area contributed by atoms with E-state index in [0.717, 1.165) is 50.9 Å². The summed E-state index contributed by atoms with van der Waals surface area (Å²) in [5.41, 5.74) is 0. The number of carboxylic acids is 1. The van der Waals surface area contributed by atoms with Crippen molar-refractivity contribution >= 4 is 23.8 Å². The summed E-state index contributed by atoms with van der Waals surface area (Å²) in [6, 6.07) is -0.293. The van der Waals surface area contributed by atoms with Crippen LogP contribution in [0.3, 0.4) is 0 Å². The highest BCUT2D eigenvalue weighted by atomic mass is 32.2. The van der Waals surface area contributed by atoms with Crippen LogP contribution in [-0.2, 0) is 4.79 Å². The van der Waals surface area contributed by atoms with Crippen molar-refractivity contribution in [2.45, 2.75) is 56.7 Å². The summed E-state index contributed by atoms with van der Waals surface area (Å²) in [4.78, 5) is 25.7. The first-order valence-electron chi connectivity index (χ1n) is 8.01. The van der Waals surface area contributed by atoms with Gasteiger partial charge < -0.3 is 15.3 Å². The molecule has 0 spiro atoms. The first-order valence-corrected chi connectivity index (χ1v) is 9.06. The van der Waals surface area contributed by atoms with Crippen LogP contribution in [0.5, 0.6) is 0 Å². The Labute approximate surface area is 130 Å². The van der Waals surface area contributed by atoms with Crippen molar-refractivity contribution in [3.05, 3.63) is 0 Å². The van der Waals surface area contributed by atoms with Gasteiger partial charge in [0.05, 0.1) is 5.92 Å². The Morgan fingerprint density at radius 2 is 2.05 bits per heavy atom. The minimum absolute atomic E-state index is 0.0769.